The van der Waals surface area contributed by atoms with E-state index in [-0.39, 0.29) is 11.8 Å². The summed E-state index contributed by atoms with van der Waals surface area (Å²) in [6.45, 7) is 6.04. The zero-order valence-corrected chi connectivity index (χ0v) is 19.0. The van der Waals surface area contributed by atoms with Gasteiger partial charge in [-0.2, -0.15) is 0 Å². The molecule has 0 atom stereocenters. The number of hydrogen-bond acceptors (Lipinski definition) is 5. The van der Waals surface area contributed by atoms with Crippen molar-refractivity contribution in [3.63, 3.8) is 0 Å². The van der Waals surface area contributed by atoms with Crippen molar-refractivity contribution in [3.05, 3.63) is 81.7 Å². The molecule has 0 unspecified atom stereocenters. The molecule has 1 saturated heterocycles. The second-order valence-corrected chi connectivity index (χ2v) is 9.28. The highest BCUT2D eigenvalue weighted by Gasteiger charge is 2.41. The van der Waals surface area contributed by atoms with Crippen molar-refractivity contribution in [2.75, 3.05) is 28.2 Å². The first-order valence-corrected chi connectivity index (χ1v) is 11.8. The highest BCUT2D eigenvalue weighted by atomic mass is 32.1. The lowest BCUT2D eigenvalue weighted by Gasteiger charge is -2.19. The van der Waals surface area contributed by atoms with Crippen molar-refractivity contribution in [2.24, 2.45) is 0 Å². The molecule has 32 heavy (non-hydrogen) atoms. The monoisotopic (exact) mass is 443 g/mol. The Bertz CT molecular complexity index is 1210. The summed E-state index contributed by atoms with van der Waals surface area (Å²) >= 11 is 1.46. The molecule has 0 spiro atoms. The van der Waals surface area contributed by atoms with E-state index in [0.29, 0.717) is 17.0 Å². The van der Waals surface area contributed by atoms with Crippen molar-refractivity contribution in [1.82, 2.24) is 0 Å². The number of anilines is 3. The van der Waals surface area contributed by atoms with Crippen molar-refractivity contribution < 1.29 is 9.59 Å². The number of carbonyl (C=O) groups excluding carboxylic acids is 2. The summed E-state index contributed by atoms with van der Waals surface area (Å²) < 4.78 is 0. The molecular formula is C26H25N3O2S. The predicted octanol–water partition coefficient (Wildman–Crippen LogP) is 5.36. The lowest BCUT2D eigenvalue weighted by atomic mass is 10.1. The van der Waals surface area contributed by atoms with Gasteiger partial charge in [-0.15, -0.1) is 11.3 Å². The van der Waals surface area contributed by atoms with Gasteiger partial charge in [-0.3, -0.25) is 9.59 Å². The lowest BCUT2D eigenvalue weighted by Crippen LogP contribution is -2.33. The minimum atomic E-state index is -0.323. The van der Waals surface area contributed by atoms with Crippen LogP contribution >= 0.6 is 11.3 Å². The first-order valence-electron chi connectivity index (χ1n) is 10.9. The molecule has 2 aromatic carbocycles. The molecule has 2 aliphatic heterocycles. The molecule has 0 aliphatic carbocycles. The molecule has 162 valence electrons. The van der Waals surface area contributed by atoms with Crippen LogP contribution in [-0.2, 0) is 9.59 Å². The third kappa shape index (κ3) is 3.60. The van der Waals surface area contributed by atoms with Crippen molar-refractivity contribution in [1.29, 1.82) is 0 Å². The molecule has 0 bridgehead atoms. The molecule has 1 fully saturated rings. The number of carbonyl (C=O) groups is 2. The molecule has 2 amide bonds. The van der Waals surface area contributed by atoms with Crippen LogP contribution < -0.4 is 15.1 Å². The third-order valence-corrected chi connectivity index (χ3v) is 6.95. The molecule has 1 N–H and O–H groups in total. The van der Waals surface area contributed by atoms with Crippen LogP contribution in [0.5, 0.6) is 0 Å². The predicted molar refractivity (Wildman–Crippen MR) is 131 cm³/mol. The van der Waals surface area contributed by atoms with Crippen LogP contribution in [0, 0.1) is 13.8 Å². The maximum atomic E-state index is 13.5. The summed E-state index contributed by atoms with van der Waals surface area (Å²) in [4.78, 5) is 31.5. The average Bonchev–Trinajstić information content (AvgIpc) is 3.54. The number of nitrogens with one attached hydrogen (secondary N) is 1. The summed E-state index contributed by atoms with van der Waals surface area (Å²) in [5, 5.41) is 5.19. The number of thiophene rings is 1. The SMILES string of the molecule is Cc1ccc(C)c(N2C(=O)C(Nc3ccc(N4CCCC4)cc3)=C(c3cccs3)C2=O)c1. The van der Waals surface area contributed by atoms with Gasteiger partial charge in [-0.1, -0.05) is 18.2 Å². The molecule has 1 aromatic heterocycles. The Morgan fingerprint density at radius 1 is 0.906 bits per heavy atom. The van der Waals surface area contributed by atoms with E-state index in [1.54, 1.807) is 0 Å². The van der Waals surface area contributed by atoms with E-state index in [0.717, 1.165) is 34.8 Å². The van der Waals surface area contributed by atoms with Gasteiger partial charge in [0.05, 0.1) is 11.3 Å². The Labute approximate surface area is 192 Å². The Morgan fingerprint density at radius 2 is 1.66 bits per heavy atom. The lowest BCUT2D eigenvalue weighted by molar-refractivity contribution is -0.120. The maximum absolute atomic E-state index is 13.5. The summed E-state index contributed by atoms with van der Waals surface area (Å²) in [7, 11) is 0. The number of hydrogen-bond donors (Lipinski definition) is 1. The fourth-order valence-electron chi connectivity index (χ4n) is 4.35. The van der Waals surface area contributed by atoms with Crippen LogP contribution in [0.2, 0.25) is 0 Å². The Hall–Kier alpha value is -3.38. The molecule has 5 rings (SSSR count). The van der Waals surface area contributed by atoms with Crippen molar-refractivity contribution >= 4 is 45.8 Å². The van der Waals surface area contributed by atoms with Crippen LogP contribution in [0.3, 0.4) is 0 Å². The van der Waals surface area contributed by atoms with E-state index in [1.165, 1.54) is 34.8 Å². The van der Waals surface area contributed by atoms with Crippen molar-refractivity contribution in [3.8, 4) is 0 Å². The fourth-order valence-corrected chi connectivity index (χ4v) is 5.12. The van der Waals surface area contributed by atoms with Gasteiger partial charge in [-0.25, -0.2) is 4.90 Å². The van der Waals surface area contributed by atoms with Gasteiger partial charge < -0.3 is 10.2 Å². The average molecular weight is 444 g/mol. The Kier molecular flexibility index (Phi) is 5.31. The van der Waals surface area contributed by atoms with Gasteiger partial charge >= 0.3 is 0 Å². The van der Waals surface area contributed by atoms with Crippen LogP contribution in [0.4, 0.5) is 17.1 Å². The Morgan fingerprint density at radius 3 is 2.34 bits per heavy atom. The summed E-state index contributed by atoms with van der Waals surface area (Å²) in [5.74, 6) is -0.613. The van der Waals surface area contributed by atoms with Gasteiger partial charge in [0.25, 0.3) is 11.8 Å². The molecule has 3 heterocycles. The van der Waals surface area contributed by atoms with E-state index >= 15 is 0 Å². The normalized spacial score (nSPS) is 16.4. The number of amides is 2. The molecule has 3 aromatic rings. The van der Waals surface area contributed by atoms with Gasteiger partial charge in [0, 0.05) is 29.3 Å². The quantitative estimate of drug-likeness (QED) is 0.539. The van der Waals surface area contributed by atoms with Crippen LogP contribution in [0.15, 0.2) is 65.7 Å². The molecule has 6 heteroatoms. The number of rotatable bonds is 5. The van der Waals surface area contributed by atoms with Gasteiger partial charge in [0.2, 0.25) is 0 Å². The number of nitrogens with zero attached hydrogens (tertiary/aromatic N) is 2. The second-order valence-electron chi connectivity index (χ2n) is 8.33. The van der Waals surface area contributed by atoms with Gasteiger partial charge in [0.15, 0.2) is 0 Å². The zero-order chi connectivity index (χ0) is 22.2. The minimum Gasteiger partial charge on any atom is -0.372 e. The first-order chi connectivity index (χ1) is 15.5. The van der Waals surface area contributed by atoms with E-state index in [1.807, 2.05) is 61.7 Å². The second kappa shape index (κ2) is 8.28. The van der Waals surface area contributed by atoms with Crippen LogP contribution in [0.25, 0.3) is 5.57 Å². The molecule has 0 radical (unpaired) electrons. The maximum Gasteiger partial charge on any atom is 0.282 e. The zero-order valence-electron chi connectivity index (χ0n) is 18.2. The summed E-state index contributed by atoms with van der Waals surface area (Å²) in [5.41, 5.74) is 5.26. The van der Waals surface area contributed by atoms with E-state index in [4.69, 9.17) is 0 Å². The topological polar surface area (TPSA) is 52.7 Å². The van der Waals surface area contributed by atoms with Gasteiger partial charge in [-0.05, 0) is 79.6 Å². The standard InChI is InChI=1S/C26H25N3O2S/c1-17-7-8-18(2)21(16-17)29-25(30)23(22-6-5-15-32-22)24(26(29)31)27-19-9-11-20(12-10-19)28-13-3-4-14-28/h5-12,15-16,27H,3-4,13-14H2,1-2H3. The van der Waals surface area contributed by atoms with Gasteiger partial charge in [0.1, 0.15) is 5.70 Å². The summed E-state index contributed by atoms with van der Waals surface area (Å²) in [6.07, 6.45) is 2.45. The molecule has 5 nitrogen and oxygen atoms in total. The summed E-state index contributed by atoms with van der Waals surface area (Å²) in [6, 6.07) is 17.7. The highest BCUT2D eigenvalue weighted by molar-refractivity contribution is 7.11. The largest absolute Gasteiger partial charge is 0.372 e. The molecular weight excluding hydrogens is 418 g/mol. The Balaban J connectivity index is 1.51. The van der Waals surface area contributed by atoms with E-state index in [2.05, 4.69) is 22.3 Å². The van der Waals surface area contributed by atoms with Crippen LogP contribution in [0.1, 0.15) is 28.8 Å². The van der Waals surface area contributed by atoms with E-state index in [9.17, 15) is 9.59 Å². The minimum absolute atomic E-state index is 0.290. The number of benzene rings is 2. The number of imide groups is 1. The van der Waals surface area contributed by atoms with Crippen molar-refractivity contribution in [2.45, 2.75) is 26.7 Å². The first kappa shape index (κ1) is 20.5. The highest BCUT2D eigenvalue weighted by Crippen LogP contribution is 2.37. The number of aryl methyl sites for hydroxylation is 2. The molecule has 2 aliphatic rings. The smallest absolute Gasteiger partial charge is 0.282 e. The third-order valence-electron chi connectivity index (χ3n) is 6.06. The van der Waals surface area contributed by atoms with Crippen LogP contribution in [-0.4, -0.2) is 24.9 Å². The fraction of sp³-hybridized carbons (Fsp3) is 0.231. The molecule has 0 saturated carbocycles. The van der Waals surface area contributed by atoms with E-state index < -0.39 is 0 Å².